The van der Waals surface area contributed by atoms with Gasteiger partial charge in [0.2, 0.25) is 0 Å². The van der Waals surface area contributed by atoms with Crippen molar-refractivity contribution >= 4 is 16.5 Å². The summed E-state index contributed by atoms with van der Waals surface area (Å²) in [7, 11) is 0.664. The molecular weight excluding hydrogens is 250 g/mol. The van der Waals surface area contributed by atoms with Gasteiger partial charge < -0.3 is 15.2 Å². The van der Waals surface area contributed by atoms with E-state index in [4.69, 9.17) is 15.2 Å². The molecule has 0 radical (unpaired) electrons. The van der Waals surface area contributed by atoms with Crippen LogP contribution in [-0.2, 0) is 20.3 Å². The maximum atomic E-state index is 12.1. The van der Waals surface area contributed by atoms with Crippen molar-refractivity contribution in [1.82, 2.24) is 0 Å². The lowest BCUT2D eigenvalue weighted by Gasteiger charge is -2.07. The summed E-state index contributed by atoms with van der Waals surface area (Å²) in [4.78, 5) is 0.862. The molecule has 1 aromatic carbocycles. The van der Waals surface area contributed by atoms with Crippen LogP contribution in [0.25, 0.3) is 0 Å². The van der Waals surface area contributed by atoms with Gasteiger partial charge >= 0.3 is 0 Å². The number of ether oxygens (including phenoxy) is 2. The molecular formula is C13H21NO3S. The first-order valence-electron chi connectivity index (χ1n) is 5.96. The van der Waals surface area contributed by atoms with Crippen molar-refractivity contribution in [1.29, 1.82) is 0 Å². The first-order valence-corrected chi connectivity index (χ1v) is 7.28. The van der Waals surface area contributed by atoms with E-state index in [0.29, 0.717) is 31.3 Å². The Morgan fingerprint density at radius 1 is 1.28 bits per heavy atom. The minimum Gasteiger partial charge on any atom is -0.399 e. The van der Waals surface area contributed by atoms with E-state index in [1.165, 1.54) is 0 Å². The van der Waals surface area contributed by atoms with Crippen LogP contribution in [0.5, 0.6) is 0 Å². The molecule has 1 aromatic rings. The molecule has 0 bridgehead atoms. The van der Waals surface area contributed by atoms with Crippen LogP contribution < -0.4 is 5.73 Å². The zero-order chi connectivity index (χ0) is 13.4. The van der Waals surface area contributed by atoms with Crippen molar-refractivity contribution in [2.45, 2.75) is 18.2 Å². The van der Waals surface area contributed by atoms with E-state index >= 15 is 0 Å². The zero-order valence-corrected chi connectivity index (χ0v) is 11.8. The van der Waals surface area contributed by atoms with Crippen LogP contribution in [0.4, 0.5) is 5.69 Å². The second-order valence-electron chi connectivity index (χ2n) is 4.03. The normalized spacial score (nSPS) is 12.6. The van der Waals surface area contributed by atoms with E-state index in [1.54, 1.807) is 13.2 Å². The average molecular weight is 271 g/mol. The van der Waals surface area contributed by atoms with Crippen LogP contribution in [0, 0.1) is 6.92 Å². The Hall–Kier alpha value is -0.910. The molecule has 0 aromatic heterocycles. The molecule has 0 saturated carbocycles. The number of hydrogen-bond donors (Lipinski definition) is 1. The number of methoxy groups -OCH3 is 1. The molecule has 0 heterocycles. The molecule has 2 N–H and O–H groups in total. The standard InChI is InChI=1S/C13H21NO3S/c1-11-10-12(14)4-5-13(11)18(15)9-3-6-17-8-7-16-2/h4-5,10H,3,6-9,14H2,1-2H3. The van der Waals surface area contributed by atoms with Gasteiger partial charge in [-0.15, -0.1) is 0 Å². The smallest absolute Gasteiger partial charge is 0.0700 e. The summed E-state index contributed by atoms with van der Waals surface area (Å²) >= 11 is 0. The minimum absolute atomic E-state index is 0.587. The van der Waals surface area contributed by atoms with E-state index in [2.05, 4.69) is 0 Å². The zero-order valence-electron chi connectivity index (χ0n) is 11.0. The average Bonchev–Trinajstić information content (AvgIpc) is 2.33. The summed E-state index contributed by atoms with van der Waals surface area (Å²) < 4.78 is 22.3. The topological polar surface area (TPSA) is 61.5 Å². The predicted molar refractivity (Wildman–Crippen MR) is 74.2 cm³/mol. The van der Waals surface area contributed by atoms with Crippen molar-refractivity contribution in [3.63, 3.8) is 0 Å². The number of hydrogen-bond acceptors (Lipinski definition) is 4. The Bertz CT molecular complexity index is 396. The quantitative estimate of drug-likeness (QED) is 0.578. The molecule has 1 unspecified atom stereocenters. The second kappa shape index (κ2) is 8.24. The van der Waals surface area contributed by atoms with E-state index in [0.717, 1.165) is 16.9 Å². The lowest BCUT2D eigenvalue weighted by molar-refractivity contribution is 0.0713. The molecule has 102 valence electrons. The summed E-state index contributed by atoms with van der Waals surface area (Å²) in [6.45, 7) is 3.73. The van der Waals surface area contributed by atoms with E-state index < -0.39 is 10.8 Å². The van der Waals surface area contributed by atoms with Gasteiger partial charge in [-0.05, 0) is 37.1 Å². The van der Waals surface area contributed by atoms with Gasteiger partial charge in [0.15, 0.2) is 0 Å². The Kier molecular flexibility index (Phi) is 6.93. The first kappa shape index (κ1) is 15.1. The molecule has 0 spiro atoms. The highest BCUT2D eigenvalue weighted by Crippen LogP contribution is 2.16. The number of nitrogens with two attached hydrogens (primary N) is 1. The van der Waals surface area contributed by atoms with Crippen LogP contribution in [-0.4, -0.2) is 36.9 Å². The molecule has 0 saturated heterocycles. The summed E-state index contributed by atoms with van der Waals surface area (Å²) in [6.07, 6.45) is 0.778. The van der Waals surface area contributed by atoms with E-state index in [1.807, 2.05) is 19.1 Å². The minimum atomic E-state index is -0.977. The van der Waals surface area contributed by atoms with E-state index in [9.17, 15) is 4.21 Å². The van der Waals surface area contributed by atoms with Crippen molar-refractivity contribution in [3.8, 4) is 0 Å². The number of benzene rings is 1. The van der Waals surface area contributed by atoms with E-state index in [-0.39, 0.29) is 0 Å². The molecule has 4 nitrogen and oxygen atoms in total. The van der Waals surface area contributed by atoms with Crippen molar-refractivity contribution < 1.29 is 13.7 Å². The van der Waals surface area contributed by atoms with Gasteiger partial charge in [-0.3, -0.25) is 4.21 Å². The monoisotopic (exact) mass is 271 g/mol. The van der Waals surface area contributed by atoms with Gasteiger partial charge in [-0.25, -0.2) is 0 Å². The maximum absolute atomic E-state index is 12.1. The third-order valence-electron chi connectivity index (χ3n) is 2.49. The highest BCUT2D eigenvalue weighted by Gasteiger charge is 2.07. The fraction of sp³-hybridized carbons (Fsp3) is 0.538. The summed E-state index contributed by atoms with van der Waals surface area (Å²) in [5.74, 6) is 0.609. The Balaban J connectivity index is 2.32. The molecule has 0 aliphatic carbocycles. The molecule has 1 rings (SSSR count). The van der Waals surface area contributed by atoms with Gasteiger partial charge in [-0.2, -0.15) is 0 Å². The van der Waals surface area contributed by atoms with Crippen LogP contribution >= 0.6 is 0 Å². The Morgan fingerprint density at radius 3 is 2.72 bits per heavy atom. The highest BCUT2D eigenvalue weighted by molar-refractivity contribution is 7.85. The van der Waals surface area contributed by atoms with Crippen molar-refractivity contribution in [3.05, 3.63) is 23.8 Å². The summed E-state index contributed by atoms with van der Waals surface area (Å²) in [5.41, 5.74) is 7.35. The largest absolute Gasteiger partial charge is 0.399 e. The predicted octanol–water partition coefficient (Wildman–Crippen LogP) is 1.74. The second-order valence-corrected chi connectivity index (χ2v) is 5.57. The first-order chi connectivity index (χ1) is 8.65. The fourth-order valence-corrected chi connectivity index (χ4v) is 2.81. The van der Waals surface area contributed by atoms with Crippen LogP contribution in [0.2, 0.25) is 0 Å². The van der Waals surface area contributed by atoms with Gasteiger partial charge in [-0.1, -0.05) is 0 Å². The van der Waals surface area contributed by atoms with Gasteiger partial charge in [0.25, 0.3) is 0 Å². The highest BCUT2D eigenvalue weighted by atomic mass is 32.2. The van der Waals surface area contributed by atoms with Gasteiger partial charge in [0.05, 0.1) is 24.0 Å². The molecule has 0 aliphatic rings. The molecule has 0 fully saturated rings. The number of rotatable bonds is 8. The Morgan fingerprint density at radius 2 is 2.06 bits per heavy atom. The molecule has 0 amide bonds. The SMILES string of the molecule is COCCOCCCS(=O)c1ccc(N)cc1C. The third kappa shape index (κ3) is 5.16. The molecule has 18 heavy (non-hydrogen) atoms. The summed E-state index contributed by atoms with van der Waals surface area (Å²) in [5, 5.41) is 0. The van der Waals surface area contributed by atoms with Crippen molar-refractivity contribution in [2.24, 2.45) is 0 Å². The Labute approximate surface area is 111 Å². The van der Waals surface area contributed by atoms with Gasteiger partial charge in [0.1, 0.15) is 0 Å². The van der Waals surface area contributed by atoms with Crippen LogP contribution in [0.15, 0.2) is 23.1 Å². The summed E-state index contributed by atoms with van der Waals surface area (Å²) in [6, 6.07) is 5.48. The fourth-order valence-electron chi connectivity index (χ4n) is 1.57. The van der Waals surface area contributed by atoms with Gasteiger partial charge in [0, 0.05) is 30.1 Å². The number of aryl methyl sites for hydroxylation is 1. The lowest BCUT2D eigenvalue weighted by Crippen LogP contribution is -2.07. The lowest BCUT2D eigenvalue weighted by atomic mass is 10.2. The molecule has 0 aliphatic heterocycles. The van der Waals surface area contributed by atoms with Crippen molar-refractivity contribution in [2.75, 3.05) is 38.4 Å². The third-order valence-corrected chi connectivity index (χ3v) is 4.10. The molecule has 1 atom stereocenters. The molecule has 5 heteroatoms. The van der Waals surface area contributed by atoms with Crippen LogP contribution in [0.1, 0.15) is 12.0 Å². The maximum Gasteiger partial charge on any atom is 0.0700 e. The number of anilines is 1. The van der Waals surface area contributed by atoms with Crippen LogP contribution in [0.3, 0.4) is 0 Å². The number of nitrogen functional groups attached to an aromatic ring is 1.